The minimum absolute atomic E-state index is 0.417. The highest BCUT2D eigenvalue weighted by atomic mass is 16.5. The van der Waals surface area contributed by atoms with E-state index in [0.29, 0.717) is 5.69 Å². The number of fused-ring (bicyclic) bond motifs is 2. The van der Waals surface area contributed by atoms with Gasteiger partial charge in [0.2, 0.25) is 0 Å². The summed E-state index contributed by atoms with van der Waals surface area (Å²) in [7, 11) is 0. The van der Waals surface area contributed by atoms with Crippen LogP contribution in [0.2, 0.25) is 0 Å². The molecule has 0 aliphatic carbocycles. The van der Waals surface area contributed by atoms with Gasteiger partial charge in [0.25, 0.3) is 0 Å². The molecular formula is C30H19N3O. The number of nitriles is 1. The zero-order chi connectivity index (χ0) is 22.9. The summed E-state index contributed by atoms with van der Waals surface area (Å²) in [6.45, 7) is 0. The van der Waals surface area contributed by atoms with E-state index in [4.69, 9.17) is 10.00 Å². The number of anilines is 3. The highest BCUT2D eigenvalue weighted by Crippen LogP contribution is 2.51. The van der Waals surface area contributed by atoms with Crippen molar-refractivity contribution in [3.8, 4) is 39.8 Å². The van der Waals surface area contributed by atoms with Gasteiger partial charge in [-0.05, 0) is 53.6 Å². The summed E-state index contributed by atoms with van der Waals surface area (Å²) in [5.74, 6) is 1.67. The van der Waals surface area contributed by atoms with Crippen LogP contribution in [-0.2, 0) is 0 Å². The van der Waals surface area contributed by atoms with Gasteiger partial charge in [0.05, 0.1) is 17.1 Å². The quantitative estimate of drug-likeness (QED) is 0.283. The van der Waals surface area contributed by atoms with E-state index in [1.165, 1.54) is 0 Å². The Labute approximate surface area is 198 Å². The summed E-state index contributed by atoms with van der Waals surface area (Å²) < 4.78 is 6.19. The second-order valence-corrected chi connectivity index (χ2v) is 8.01. The summed E-state index contributed by atoms with van der Waals surface area (Å²) in [6, 6.07) is 38.8. The summed E-state index contributed by atoms with van der Waals surface area (Å²) in [6.07, 6.45) is 1.74. The number of hydrogen-bond donors (Lipinski definition) is 0. The summed E-state index contributed by atoms with van der Waals surface area (Å²) >= 11 is 0. The van der Waals surface area contributed by atoms with Crippen LogP contribution in [0.15, 0.2) is 115 Å². The van der Waals surface area contributed by atoms with Gasteiger partial charge in [-0.1, -0.05) is 66.7 Å². The molecule has 0 unspecified atom stereocenters. The molecule has 34 heavy (non-hydrogen) atoms. The molecule has 1 aromatic heterocycles. The van der Waals surface area contributed by atoms with Crippen molar-refractivity contribution in [3.63, 3.8) is 0 Å². The van der Waals surface area contributed by atoms with Gasteiger partial charge in [0.1, 0.15) is 11.8 Å². The van der Waals surface area contributed by atoms with Gasteiger partial charge in [-0.2, -0.15) is 5.26 Å². The first-order valence-corrected chi connectivity index (χ1v) is 11.0. The smallest absolute Gasteiger partial charge is 0.151 e. The number of benzene rings is 4. The van der Waals surface area contributed by atoms with Gasteiger partial charge in [0, 0.05) is 17.3 Å². The van der Waals surface area contributed by atoms with Crippen molar-refractivity contribution in [2.75, 3.05) is 4.90 Å². The van der Waals surface area contributed by atoms with Crippen molar-refractivity contribution in [1.82, 2.24) is 4.98 Å². The molecule has 0 fully saturated rings. The largest absolute Gasteiger partial charge is 0.453 e. The second kappa shape index (κ2) is 8.23. The monoisotopic (exact) mass is 437 g/mol. The fourth-order valence-electron chi connectivity index (χ4n) is 4.35. The van der Waals surface area contributed by atoms with Gasteiger partial charge in [-0.3, -0.25) is 0 Å². The molecule has 0 spiro atoms. The van der Waals surface area contributed by atoms with E-state index in [2.05, 4.69) is 76.6 Å². The lowest BCUT2D eigenvalue weighted by Crippen LogP contribution is -2.16. The zero-order valence-corrected chi connectivity index (χ0v) is 18.2. The Morgan fingerprint density at radius 2 is 1.15 bits per heavy atom. The SMILES string of the molecule is N#Cc1ccc(-c2ccc(-c3ccccc3N3c4ccccc4Oc4ccccc43)cc2)cn1. The molecule has 4 nitrogen and oxygen atoms in total. The molecule has 1 aliphatic heterocycles. The molecule has 6 rings (SSSR count). The van der Waals surface area contributed by atoms with Crippen LogP contribution in [0.4, 0.5) is 17.1 Å². The van der Waals surface area contributed by atoms with E-state index >= 15 is 0 Å². The number of rotatable bonds is 3. The van der Waals surface area contributed by atoms with Crippen LogP contribution < -0.4 is 9.64 Å². The molecule has 0 atom stereocenters. The highest BCUT2D eigenvalue weighted by molar-refractivity contribution is 5.93. The first-order chi connectivity index (χ1) is 16.8. The maximum absolute atomic E-state index is 8.99. The fourth-order valence-corrected chi connectivity index (χ4v) is 4.35. The Morgan fingerprint density at radius 1 is 0.588 bits per heavy atom. The molecule has 0 amide bonds. The van der Waals surface area contributed by atoms with Crippen molar-refractivity contribution in [3.05, 3.63) is 121 Å². The van der Waals surface area contributed by atoms with Crippen LogP contribution in [0.3, 0.4) is 0 Å². The average molecular weight is 438 g/mol. The summed E-state index contributed by atoms with van der Waals surface area (Å²) in [5, 5.41) is 8.99. The van der Waals surface area contributed by atoms with E-state index in [9.17, 15) is 0 Å². The molecule has 0 N–H and O–H groups in total. The normalized spacial score (nSPS) is 11.7. The van der Waals surface area contributed by atoms with E-state index in [1.54, 1.807) is 12.3 Å². The topological polar surface area (TPSA) is 49.2 Å². The second-order valence-electron chi connectivity index (χ2n) is 8.01. The van der Waals surface area contributed by atoms with Crippen LogP contribution >= 0.6 is 0 Å². The summed E-state index contributed by atoms with van der Waals surface area (Å²) in [5.41, 5.74) is 7.79. The first-order valence-electron chi connectivity index (χ1n) is 11.0. The Balaban J connectivity index is 1.45. The fraction of sp³-hybridized carbons (Fsp3) is 0. The van der Waals surface area contributed by atoms with Gasteiger partial charge in [-0.15, -0.1) is 0 Å². The predicted octanol–water partition coefficient (Wildman–Crippen LogP) is 7.86. The minimum atomic E-state index is 0.417. The van der Waals surface area contributed by atoms with E-state index in [1.807, 2.05) is 42.5 Å². The third-order valence-electron chi connectivity index (χ3n) is 5.98. The molecular weight excluding hydrogens is 418 g/mol. The van der Waals surface area contributed by atoms with E-state index in [0.717, 1.165) is 50.8 Å². The maximum Gasteiger partial charge on any atom is 0.151 e. The molecule has 0 saturated carbocycles. The van der Waals surface area contributed by atoms with Gasteiger partial charge >= 0.3 is 0 Å². The van der Waals surface area contributed by atoms with Crippen molar-refractivity contribution < 1.29 is 4.74 Å². The molecule has 0 radical (unpaired) electrons. The average Bonchev–Trinajstić information content (AvgIpc) is 2.92. The highest BCUT2D eigenvalue weighted by Gasteiger charge is 2.26. The number of hydrogen-bond acceptors (Lipinski definition) is 4. The van der Waals surface area contributed by atoms with E-state index in [-0.39, 0.29) is 0 Å². The predicted molar refractivity (Wildman–Crippen MR) is 135 cm³/mol. The standard InChI is InChI=1S/C30H19N3O/c31-19-24-18-17-23(20-32-24)21-13-15-22(16-14-21)25-7-1-2-8-26(25)33-27-9-3-5-11-29(27)34-30-12-6-4-10-28(30)33/h1-18,20H. The third-order valence-corrected chi connectivity index (χ3v) is 5.98. The minimum Gasteiger partial charge on any atom is -0.453 e. The molecule has 4 heteroatoms. The van der Waals surface area contributed by atoms with Gasteiger partial charge in [0.15, 0.2) is 11.5 Å². The molecule has 1 aliphatic rings. The lowest BCUT2D eigenvalue weighted by molar-refractivity contribution is 0.477. The first kappa shape index (κ1) is 19.8. The zero-order valence-electron chi connectivity index (χ0n) is 18.2. The van der Waals surface area contributed by atoms with Gasteiger partial charge in [-0.25, -0.2) is 4.98 Å². The van der Waals surface area contributed by atoms with E-state index < -0.39 is 0 Å². The van der Waals surface area contributed by atoms with Crippen molar-refractivity contribution in [1.29, 1.82) is 5.26 Å². The molecule has 5 aromatic rings. The van der Waals surface area contributed by atoms with Crippen molar-refractivity contribution in [2.24, 2.45) is 0 Å². The van der Waals surface area contributed by atoms with Crippen LogP contribution in [0.25, 0.3) is 22.3 Å². The number of aromatic nitrogens is 1. The number of nitrogens with zero attached hydrogens (tertiary/aromatic N) is 3. The van der Waals surface area contributed by atoms with Crippen molar-refractivity contribution in [2.45, 2.75) is 0 Å². The molecule has 160 valence electrons. The Hall–Kier alpha value is -4.88. The van der Waals surface area contributed by atoms with Crippen LogP contribution in [0.1, 0.15) is 5.69 Å². The Bertz CT molecular complexity index is 1490. The third kappa shape index (κ3) is 3.37. The Kier molecular flexibility index (Phi) is 4.79. The molecule has 2 heterocycles. The lowest BCUT2D eigenvalue weighted by Gasteiger charge is -2.34. The molecule has 0 saturated heterocycles. The van der Waals surface area contributed by atoms with Crippen LogP contribution in [0.5, 0.6) is 11.5 Å². The summed E-state index contributed by atoms with van der Waals surface area (Å²) in [4.78, 5) is 6.46. The number of ether oxygens (including phenoxy) is 1. The maximum atomic E-state index is 8.99. The van der Waals surface area contributed by atoms with Crippen LogP contribution in [-0.4, -0.2) is 4.98 Å². The van der Waals surface area contributed by atoms with Gasteiger partial charge < -0.3 is 9.64 Å². The lowest BCUT2D eigenvalue weighted by atomic mass is 9.98. The molecule has 4 aromatic carbocycles. The number of para-hydroxylation sites is 5. The van der Waals surface area contributed by atoms with Crippen LogP contribution in [0, 0.1) is 11.3 Å². The number of pyridine rings is 1. The van der Waals surface area contributed by atoms with Crippen molar-refractivity contribution >= 4 is 17.1 Å². The molecule has 0 bridgehead atoms. The Morgan fingerprint density at radius 3 is 1.76 bits per heavy atom.